The van der Waals surface area contributed by atoms with Gasteiger partial charge in [0.1, 0.15) is 12.7 Å². The van der Waals surface area contributed by atoms with Gasteiger partial charge < -0.3 is 19.7 Å². The summed E-state index contributed by atoms with van der Waals surface area (Å²) in [7, 11) is -3.57. The van der Waals surface area contributed by atoms with Crippen LogP contribution in [0.2, 0.25) is 0 Å². The Bertz CT molecular complexity index is 1150. The predicted molar refractivity (Wildman–Crippen MR) is 126 cm³/mol. The number of nitrogens with zero attached hydrogens (tertiary/aromatic N) is 2. The van der Waals surface area contributed by atoms with E-state index in [0.717, 1.165) is 0 Å². The molecule has 10 heteroatoms. The second kappa shape index (κ2) is 10.0. The Morgan fingerprint density at radius 3 is 2.44 bits per heavy atom. The van der Waals surface area contributed by atoms with Gasteiger partial charge in [-0.05, 0) is 36.4 Å². The number of para-hydroxylation sites is 2. The number of fused-ring (bicyclic) bond motifs is 1. The normalized spacial score (nSPS) is 20.0. The third kappa shape index (κ3) is 4.88. The SMILES string of the molecule is CCN(CC)S(=O)(=O)c1ccc(N2C[C@H](C(=O)NC[C@H]3COc4ccccc4O3)CC2=O)cc1. The van der Waals surface area contributed by atoms with Crippen molar-refractivity contribution in [1.29, 1.82) is 0 Å². The lowest BCUT2D eigenvalue weighted by Gasteiger charge is -2.26. The van der Waals surface area contributed by atoms with Gasteiger partial charge in [0, 0.05) is 31.7 Å². The summed E-state index contributed by atoms with van der Waals surface area (Å²) in [4.78, 5) is 27.0. The first-order chi connectivity index (χ1) is 16.3. The highest BCUT2D eigenvalue weighted by Gasteiger charge is 2.36. The van der Waals surface area contributed by atoms with Gasteiger partial charge in [0.2, 0.25) is 21.8 Å². The van der Waals surface area contributed by atoms with E-state index in [1.807, 2.05) is 24.3 Å². The van der Waals surface area contributed by atoms with Crippen molar-refractivity contribution in [3.63, 3.8) is 0 Å². The summed E-state index contributed by atoms with van der Waals surface area (Å²) in [5, 5.41) is 2.86. The van der Waals surface area contributed by atoms with Crippen LogP contribution in [-0.2, 0) is 19.6 Å². The van der Waals surface area contributed by atoms with Crippen molar-refractivity contribution in [2.75, 3.05) is 37.7 Å². The van der Waals surface area contributed by atoms with Crippen LogP contribution in [0, 0.1) is 5.92 Å². The van der Waals surface area contributed by atoms with Crippen LogP contribution in [0.4, 0.5) is 5.69 Å². The maximum atomic E-state index is 12.7. The maximum absolute atomic E-state index is 12.7. The lowest BCUT2D eigenvalue weighted by molar-refractivity contribution is -0.126. The average molecular weight is 488 g/mol. The molecule has 2 amide bonds. The number of carbonyl (C=O) groups is 2. The van der Waals surface area contributed by atoms with Crippen LogP contribution >= 0.6 is 0 Å². The van der Waals surface area contributed by atoms with Gasteiger partial charge in [-0.2, -0.15) is 4.31 Å². The molecule has 2 aromatic carbocycles. The van der Waals surface area contributed by atoms with Crippen LogP contribution < -0.4 is 19.7 Å². The molecule has 182 valence electrons. The van der Waals surface area contributed by atoms with Crippen LogP contribution in [0.3, 0.4) is 0 Å². The topological polar surface area (TPSA) is 105 Å². The number of anilines is 1. The van der Waals surface area contributed by atoms with Crippen molar-refractivity contribution in [2.24, 2.45) is 5.92 Å². The Kier molecular flexibility index (Phi) is 7.08. The Morgan fingerprint density at radius 2 is 1.76 bits per heavy atom. The highest BCUT2D eigenvalue weighted by Crippen LogP contribution is 2.31. The van der Waals surface area contributed by atoms with Gasteiger partial charge >= 0.3 is 0 Å². The van der Waals surface area contributed by atoms with Crippen LogP contribution in [0.1, 0.15) is 20.3 Å². The summed E-state index contributed by atoms with van der Waals surface area (Å²) in [5.74, 6) is 0.424. The predicted octanol–water partition coefficient (Wildman–Crippen LogP) is 2.03. The summed E-state index contributed by atoms with van der Waals surface area (Å²) >= 11 is 0. The Labute approximate surface area is 199 Å². The fourth-order valence-electron chi connectivity index (χ4n) is 4.17. The van der Waals surface area contributed by atoms with Crippen molar-refractivity contribution in [1.82, 2.24) is 9.62 Å². The molecule has 2 aromatic rings. The molecule has 2 heterocycles. The van der Waals surface area contributed by atoms with E-state index in [9.17, 15) is 18.0 Å². The molecule has 34 heavy (non-hydrogen) atoms. The second-order valence-corrected chi connectivity index (χ2v) is 10.2. The molecule has 0 spiro atoms. The largest absolute Gasteiger partial charge is 0.486 e. The molecule has 0 aromatic heterocycles. The van der Waals surface area contributed by atoms with E-state index in [4.69, 9.17) is 9.47 Å². The zero-order valence-electron chi connectivity index (χ0n) is 19.3. The van der Waals surface area contributed by atoms with Crippen molar-refractivity contribution >= 4 is 27.5 Å². The zero-order valence-corrected chi connectivity index (χ0v) is 20.1. The molecule has 1 fully saturated rings. The van der Waals surface area contributed by atoms with E-state index in [1.165, 1.54) is 21.3 Å². The number of amides is 2. The van der Waals surface area contributed by atoms with Crippen LogP contribution in [0.5, 0.6) is 11.5 Å². The van der Waals surface area contributed by atoms with Gasteiger partial charge in [0.05, 0.1) is 17.4 Å². The Balaban J connectivity index is 1.34. The molecule has 0 aliphatic carbocycles. The van der Waals surface area contributed by atoms with Gasteiger partial charge in [0.15, 0.2) is 11.5 Å². The van der Waals surface area contributed by atoms with Crippen molar-refractivity contribution in [3.8, 4) is 11.5 Å². The van der Waals surface area contributed by atoms with Crippen molar-refractivity contribution in [3.05, 3.63) is 48.5 Å². The molecule has 4 rings (SSSR count). The monoisotopic (exact) mass is 487 g/mol. The van der Waals surface area contributed by atoms with Gasteiger partial charge in [-0.25, -0.2) is 8.42 Å². The molecular weight excluding hydrogens is 458 g/mol. The first kappa shape index (κ1) is 24.0. The maximum Gasteiger partial charge on any atom is 0.243 e. The summed E-state index contributed by atoms with van der Waals surface area (Å²) in [6.45, 7) is 5.17. The van der Waals surface area contributed by atoms with E-state index in [2.05, 4.69) is 5.32 Å². The number of ether oxygens (including phenoxy) is 2. The van der Waals surface area contributed by atoms with Gasteiger partial charge in [-0.3, -0.25) is 9.59 Å². The van der Waals surface area contributed by atoms with Crippen LogP contribution in [0.15, 0.2) is 53.4 Å². The summed E-state index contributed by atoms with van der Waals surface area (Å²) in [6, 6.07) is 13.6. The number of sulfonamides is 1. The van der Waals surface area contributed by atoms with Crippen molar-refractivity contribution < 1.29 is 27.5 Å². The Hall–Kier alpha value is -3.11. The standard InChI is InChI=1S/C24H29N3O6S/c1-3-26(4-2)34(30,31)20-11-9-18(10-12-20)27-15-17(13-23(27)28)24(29)25-14-19-16-32-21-7-5-6-8-22(21)33-19/h5-12,17,19H,3-4,13-16H2,1-2H3,(H,25,29)/t17-,19+/m1/s1. The number of benzene rings is 2. The summed E-state index contributed by atoms with van der Waals surface area (Å²) in [5.41, 5.74) is 0.569. The fraction of sp³-hybridized carbons (Fsp3) is 0.417. The minimum absolute atomic E-state index is 0.0934. The first-order valence-electron chi connectivity index (χ1n) is 11.4. The number of hydrogen-bond donors (Lipinski definition) is 1. The molecule has 1 N–H and O–H groups in total. The molecule has 1 saturated heterocycles. The molecular formula is C24H29N3O6S. The van der Waals surface area contributed by atoms with E-state index in [1.54, 1.807) is 26.0 Å². The number of nitrogens with one attached hydrogen (secondary N) is 1. The van der Waals surface area contributed by atoms with Crippen LogP contribution in [0.25, 0.3) is 0 Å². The molecule has 0 bridgehead atoms. The van der Waals surface area contributed by atoms with Crippen molar-refractivity contribution in [2.45, 2.75) is 31.3 Å². The number of carbonyl (C=O) groups excluding carboxylic acids is 2. The third-order valence-electron chi connectivity index (χ3n) is 6.06. The van der Waals surface area contributed by atoms with E-state index < -0.39 is 15.9 Å². The summed E-state index contributed by atoms with van der Waals surface area (Å²) < 4.78 is 38.3. The molecule has 9 nitrogen and oxygen atoms in total. The van der Waals surface area contributed by atoms with Gasteiger partial charge in [-0.1, -0.05) is 26.0 Å². The molecule has 2 atom stereocenters. The first-order valence-corrected chi connectivity index (χ1v) is 12.8. The molecule has 0 saturated carbocycles. The minimum atomic E-state index is -3.57. The summed E-state index contributed by atoms with van der Waals surface area (Å²) in [6.07, 6.45) is -0.219. The molecule has 2 aliphatic rings. The smallest absolute Gasteiger partial charge is 0.243 e. The minimum Gasteiger partial charge on any atom is -0.486 e. The van der Waals surface area contributed by atoms with E-state index >= 15 is 0 Å². The van der Waals surface area contributed by atoms with E-state index in [-0.39, 0.29) is 42.3 Å². The molecule has 2 aliphatic heterocycles. The molecule has 0 radical (unpaired) electrons. The highest BCUT2D eigenvalue weighted by molar-refractivity contribution is 7.89. The Morgan fingerprint density at radius 1 is 1.09 bits per heavy atom. The lowest BCUT2D eigenvalue weighted by Crippen LogP contribution is -2.43. The van der Waals surface area contributed by atoms with E-state index in [0.29, 0.717) is 36.9 Å². The third-order valence-corrected chi connectivity index (χ3v) is 8.12. The molecule has 0 unspecified atom stereocenters. The van der Waals surface area contributed by atoms with Gasteiger partial charge in [-0.15, -0.1) is 0 Å². The number of rotatable bonds is 8. The fourth-order valence-corrected chi connectivity index (χ4v) is 5.62. The van der Waals surface area contributed by atoms with Gasteiger partial charge in [0.25, 0.3) is 0 Å². The second-order valence-electron chi connectivity index (χ2n) is 8.23. The zero-order chi connectivity index (χ0) is 24.3. The van der Waals surface area contributed by atoms with Crippen LogP contribution in [-0.4, -0.2) is 63.4 Å². The number of hydrogen-bond acceptors (Lipinski definition) is 6. The highest BCUT2D eigenvalue weighted by atomic mass is 32.2. The lowest BCUT2D eigenvalue weighted by atomic mass is 10.1. The quantitative estimate of drug-likeness (QED) is 0.611. The average Bonchev–Trinajstić information content (AvgIpc) is 3.24.